The summed E-state index contributed by atoms with van der Waals surface area (Å²) in [5.74, 6) is 0.398. The van der Waals surface area contributed by atoms with Crippen molar-refractivity contribution in [3.05, 3.63) is 23.8 Å². The van der Waals surface area contributed by atoms with Crippen LogP contribution in [0, 0.1) is 5.92 Å². The smallest absolute Gasteiger partial charge is 0.186 e. The minimum Gasteiger partial charge on any atom is -0.390 e. The van der Waals surface area contributed by atoms with Gasteiger partial charge in [-0.15, -0.1) is 0 Å². The molecule has 0 unspecified atom stereocenters. The van der Waals surface area contributed by atoms with Crippen molar-refractivity contribution in [2.75, 3.05) is 18.0 Å². The molecule has 0 bridgehead atoms. The van der Waals surface area contributed by atoms with Gasteiger partial charge in [-0.05, 0) is 56.7 Å². The van der Waals surface area contributed by atoms with Gasteiger partial charge in [0, 0.05) is 13.1 Å². The number of anilines is 1. The number of aliphatic hydroxyl groups is 1. The molecule has 0 aliphatic carbocycles. The van der Waals surface area contributed by atoms with Crippen LogP contribution in [0.15, 0.2) is 18.2 Å². The lowest BCUT2D eigenvalue weighted by molar-refractivity contribution is 0.00651. The van der Waals surface area contributed by atoms with Crippen LogP contribution in [0.2, 0.25) is 0 Å². The zero-order chi connectivity index (χ0) is 15.0. The van der Waals surface area contributed by atoms with Crippen LogP contribution in [0.5, 0.6) is 0 Å². The van der Waals surface area contributed by atoms with Crippen molar-refractivity contribution in [1.29, 1.82) is 0 Å². The number of piperidine rings is 1. The Morgan fingerprint density at radius 1 is 1.33 bits per heavy atom. The van der Waals surface area contributed by atoms with Crippen LogP contribution in [-0.4, -0.2) is 28.8 Å². The maximum atomic E-state index is 10.1. The summed E-state index contributed by atoms with van der Waals surface area (Å²) in [7, 11) is 0. The first-order valence-corrected chi connectivity index (χ1v) is 8.66. The second kappa shape index (κ2) is 5.58. The molecule has 3 rings (SSSR count). The van der Waals surface area contributed by atoms with E-state index >= 15 is 0 Å². The van der Waals surface area contributed by atoms with Gasteiger partial charge in [-0.1, -0.05) is 24.3 Å². The summed E-state index contributed by atoms with van der Waals surface area (Å²) < 4.78 is 1.29. The summed E-state index contributed by atoms with van der Waals surface area (Å²) in [6.07, 6.45) is 3.15. The van der Waals surface area contributed by atoms with Crippen molar-refractivity contribution in [2.24, 2.45) is 5.92 Å². The number of fused-ring (bicyclic) bond motifs is 1. The summed E-state index contributed by atoms with van der Waals surface area (Å²) in [5, 5.41) is 11.3. The molecule has 1 aromatic heterocycles. The van der Waals surface area contributed by atoms with Gasteiger partial charge >= 0.3 is 0 Å². The van der Waals surface area contributed by atoms with E-state index in [1.165, 1.54) is 10.3 Å². The average molecular weight is 304 g/mol. The number of hydrogen-bond donors (Lipinski definition) is 1. The van der Waals surface area contributed by atoms with E-state index in [0.717, 1.165) is 43.0 Å². The molecule has 2 heterocycles. The molecular formula is C17H24N2OS. The Morgan fingerprint density at radius 3 is 2.67 bits per heavy atom. The number of hydrogen-bond acceptors (Lipinski definition) is 4. The van der Waals surface area contributed by atoms with Gasteiger partial charge in [-0.25, -0.2) is 4.98 Å². The number of aryl methyl sites for hydroxylation is 1. The van der Waals surface area contributed by atoms with Crippen LogP contribution in [0.3, 0.4) is 0 Å². The lowest BCUT2D eigenvalue weighted by Gasteiger charge is -2.37. The average Bonchev–Trinajstić information content (AvgIpc) is 2.89. The molecular weight excluding hydrogens is 280 g/mol. The van der Waals surface area contributed by atoms with E-state index in [0.29, 0.717) is 5.92 Å². The van der Waals surface area contributed by atoms with Crippen molar-refractivity contribution in [2.45, 2.75) is 45.6 Å². The first kappa shape index (κ1) is 14.8. The van der Waals surface area contributed by atoms with Crippen LogP contribution < -0.4 is 4.90 Å². The highest BCUT2D eigenvalue weighted by Gasteiger charge is 2.31. The normalized spacial score (nSPS) is 17.6. The van der Waals surface area contributed by atoms with E-state index in [1.54, 1.807) is 11.3 Å². The Morgan fingerprint density at radius 2 is 2.05 bits per heavy atom. The van der Waals surface area contributed by atoms with Crippen LogP contribution in [0.1, 0.15) is 39.2 Å². The molecule has 0 atom stereocenters. The molecule has 114 valence electrons. The fourth-order valence-electron chi connectivity index (χ4n) is 3.09. The van der Waals surface area contributed by atoms with Crippen LogP contribution in [0.25, 0.3) is 10.2 Å². The molecule has 1 aliphatic heterocycles. The van der Waals surface area contributed by atoms with Crippen molar-refractivity contribution in [3.63, 3.8) is 0 Å². The van der Waals surface area contributed by atoms with Gasteiger partial charge in [0.15, 0.2) is 5.13 Å². The van der Waals surface area contributed by atoms with Crippen LogP contribution in [0.4, 0.5) is 5.13 Å². The predicted molar refractivity (Wildman–Crippen MR) is 90.2 cm³/mol. The van der Waals surface area contributed by atoms with E-state index in [-0.39, 0.29) is 0 Å². The molecule has 3 nitrogen and oxygen atoms in total. The van der Waals surface area contributed by atoms with Gasteiger partial charge in [0.1, 0.15) is 0 Å². The molecule has 1 fully saturated rings. The van der Waals surface area contributed by atoms with Gasteiger partial charge in [-0.3, -0.25) is 0 Å². The SMILES string of the molecule is CCc1ccc2nc(N3CCC(C(C)(C)O)CC3)sc2c1. The number of nitrogens with zero attached hydrogens (tertiary/aromatic N) is 2. The fourth-order valence-corrected chi connectivity index (χ4v) is 4.17. The summed E-state index contributed by atoms with van der Waals surface area (Å²) in [6, 6.07) is 6.57. The summed E-state index contributed by atoms with van der Waals surface area (Å²) in [6.45, 7) is 8.03. The molecule has 0 spiro atoms. The first-order chi connectivity index (χ1) is 9.97. The third kappa shape index (κ3) is 3.06. The van der Waals surface area contributed by atoms with E-state index in [2.05, 4.69) is 30.0 Å². The molecule has 1 aromatic carbocycles. The third-order valence-electron chi connectivity index (χ3n) is 4.61. The molecule has 1 N–H and O–H groups in total. The monoisotopic (exact) mass is 304 g/mol. The van der Waals surface area contributed by atoms with Gasteiger partial charge in [0.2, 0.25) is 0 Å². The number of aromatic nitrogens is 1. The Kier molecular flexibility index (Phi) is 3.93. The third-order valence-corrected chi connectivity index (χ3v) is 5.69. The minimum absolute atomic E-state index is 0.398. The van der Waals surface area contributed by atoms with Crippen LogP contribution in [-0.2, 0) is 6.42 Å². The highest BCUT2D eigenvalue weighted by atomic mass is 32.1. The predicted octanol–water partition coefficient (Wildman–Crippen LogP) is 3.85. The van der Waals surface area contributed by atoms with Gasteiger partial charge in [-0.2, -0.15) is 0 Å². The Labute approximate surface area is 130 Å². The second-order valence-electron chi connectivity index (χ2n) is 6.57. The lowest BCUT2D eigenvalue weighted by Crippen LogP contribution is -2.41. The zero-order valence-corrected chi connectivity index (χ0v) is 13.9. The fraction of sp³-hybridized carbons (Fsp3) is 0.588. The highest BCUT2D eigenvalue weighted by molar-refractivity contribution is 7.22. The van der Waals surface area contributed by atoms with Gasteiger partial charge in [0.25, 0.3) is 0 Å². The van der Waals surface area contributed by atoms with Crippen molar-refractivity contribution < 1.29 is 5.11 Å². The minimum atomic E-state index is -0.560. The van der Waals surface area contributed by atoms with Crippen molar-refractivity contribution in [1.82, 2.24) is 4.98 Å². The largest absolute Gasteiger partial charge is 0.390 e. The maximum Gasteiger partial charge on any atom is 0.186 e. The molecule has 4 heteroatoms. The maximum absolute atomic E-state index is 10.1. The Balaban J connectivity index is 1.76. The zero-order valence-electron chi connectivity index (χ0n) is 13.1. The summed E-state index contributed by atoms with van der Waals surface area (Å²) in [5.41, 5.74) is 1.92. The van der Waals surface area contributed by atoms with E-state index in [1.807, 2.05) is 13.8 Å². The molecule has 1 aliphatic rings. The van der Waals surface area contributed by atoms with Gasteiger partial charge in [0.05, 0.1) is 15.8 Å². The van der Waals surface area contributed by atoms with E-state index in [9.17, 15) is 5.11 Å². The number of benzene rings is 1. The molecule has 0 amide bonds. The Bertz CT molecular complexity index is 621. The first-order valence-electron chi connectivity index (χ1n) is 7.84. The molecule has 21 heavy (non-hydrogen) atoms. The second-order valence-corrected chi connectivity index (χ2v) is 7.58. The Hall–Kier alpha value is -1.13. The number of thiazole rings is 1. The molecule has 1 saturated heterocycles. The highest BCUT2D eigenvalue weighted by Crippen LogP contribution is 2.34. The summed E-state index contributed by atoms with van der Waals surface area (Å²) in [4.78, 5) is 7.15. The van der Waals surface area contributed by atoms with E-state index in [4.69, 9.17) is 4.98 Å². The van der Waals surface area contributed by atoms with Crippen LogP contribution >= 0.6 is 11.3 Å². The number of rotatable bonds is 3. The molecule has 2 aromatic rings. The van der Waals surface area contributed by atoms with E-state index < -0.39 is 5.60 Å². The van der Waals surface area contributed by atoms with Gasteiger partial charge < -0.3 is 10.0 Å². The standard InChI is InChI=1S/C17H24N2OS/c1-4-12-5-6-14-15(11-12)21-16(18-14)19-9-7-13(8-10-19)17(2,3)20/h5-6,11,13,20H,4,7-10H2,1-3H3. The summed E-state index contributed by atoms with van der Waals surface area (Å²) >= 11 is 1.79. The topological polar surface area (TPSA) is 36.4 Å². The molecule has 0 saturated carbocycles. The van der Waals surface area contributed by atoms with Crippen molar-refractivity contribution in [3.8, 4) is 0 Å². The molecule has 0 radical (unpaired) electrons. The quantitative estimate of drug-likeness (QED) is 0.936. The lowest BCUT2D eigenvalue weighted by atomic mass is 9.83. The van der Waals surface area contributed by atoms with Crippen molar-refractivity contribution >= 4 is 26.7 Å².